The third kappa shape index (κ3) is 2.73. The zero-order valence-electron chi connectivity index (χ0n) is 10.3. The first kappa shape index (κ1) is 12.0. The van der Waals surface area contributed by atoms with Gasteiger partial charge >= 0.3 is 0 Å². The second-order valence-electron chi connectivity index (χ2n) is 5.12. The van der Waals surface area contributed by atoms with Crippen LogP contribution in [0.3, 0.4) is 0 Å². The van der Waals surface area contributed by atoms with Gasteiger partial charge in [0.2, 0.25) is 0 Å². The van der Waals surface area contributed by atoms with E-state index in [0.717, 1.165) is 23.8 Å². The van der Waals surface area contributed by atoms with Crippen molar-refractivity contribution in [2.45, 2.75) is 58.9 Å². The highest BCUT2D eigenvalue weighted by atomic mass is 14.9. The van der Waals surface area contributed by atoms with Crippen LogP contribution < -0.4 is 5.32 Å². The largest absolute Gasteiger partial charge is 0.317 e. The molecular weight excluding hydrogens is 170 g/mol. The molecule has 0 radical (unpaired) electrons. The maximum absolute atomic E-state index is 3.52. The molecule has 0 heterocycles. The average molecular weight is 197 g/mol. The molecule has 84 valence electrons. The van der Waals surface area contributed by atoms with E-state index in [1.165, 1.54) is 32.1 Å². The van der Waals surface area contributed by atoms with Crippen LogP contribution in [0.2, 0.25) is 0 Å². The van der Waals surface area contributed by atoms with E-state index in [1.807, 2.05) is 0 Å². The van der Waals surface area contributed by atoms with Crippen LogP contribution >= 0.6 is 0 Å². The van der Waals surface area contributed by atoms with Crippen molar-refractivity contribution in [2.75, 3.05) is 7.05 Å². The Hall–Kier alpha value is -0.0400. The van der Waals surface area contributed by atoms with Crippen molar-refractivity contribution in [1.82, 2.24) is 5.32 Å². The van der Waals surface area contributed by atoms with Crippen molar-refractivity contribution in [1.29, 1.82) is 0 Å². The van der Waals surface area contributed by atoms with Gasteiger partial charge in [-0.25, -0.2) is 0 Å². The lowest BCUT2D eigenvalue weighted by atomic mass is 9.70. The van der Waals surface area contributed by atoms with Crippen molar-refractivity contribution >= 4 is 0 Å². The first-order chi connectivity index (χ1) is 6.70. The van der Waals surface area contributed by atoms with Gasteiger partial charge in [0.15, 0.2) is 0 Å². The molecule has 4 unspecified atom stereocenters. The average Bonchev–Trinajstić information content (AvgIpc) is 2.19. The quantitative estimate of drug-likeness (QED) is 0.728. The SMILES string of the molecule is CCCC(NC)C1CCCC(C)C1C. The Morgan fingerprint density at radius 1 is 1.29 bits per heavy atom. The van der Waals surface area contributed by atoms with Crippen LogP contribution in [-0.2, 0) is 0 Å². The van der Waals surface area contributed by atoms with Crippen LogP contribution in [0.4, 0.5) is 0 Å². The van der Waals surface area contributed by atoms with Crippen LogP contribution in [0.25, 0.3) is 0 Å². The summed E-state index contributed by atoms with van der Waals surface area (Å²) >= 11 is 0. The molecule has 0 amide bonds. The minimum absolute atomic E-state index is 0.762. The molecule has 1 aliphatic carbocycles. The summed E-state index contributed by atoms with van der Waals surface area (Å²) in [5, 5.41) is 3.52. The number of hydrogen-bond acceptors (Lipinski definition) is 1. The molecule has 1 N–H and O–H groups in total. The summed E-state index contributed by atoms with van der Waals surface area (Å²) in [6.07, 6.45) is 6.98. The summed E-state index contributed by atoms with van der Waals surface area (Å²) < 4.78 is 0. The fourth-order valence-corrected chi connectivity index (χ4v) is 3.07. The molecule has 0 aromatic rings. The van der Waals surface area contributed by atoms with Crippen molar-refractivity contribution in [3.8, 4) is 0 Å². The van der Waals surface area contributed by atoms with E-state index in [2.05, 4.69) is 33.1 Å². The molecule has 0 spiro atoms. The van der Waals surface area contributed by atoms with Crippen molar-refractivity contribution in [3.63, 3.8) is 0 Å². The lowest BCUT2D eigenvalue weighted by Gasteiger charge is -2.39. The fraction of sp³-hybridized carbons (Fsp3) is 1.00. The Bertz CT molecular complexity index is 155. The van der Waals surface area contributed by atoms with Crippen molar-refractivity contribution < 1.29 is 0 Å². The standard InChI is InChI=1S/C13H27N/c1-5-7-13(14-4)12-9-6-8-10(2)11(12)3/h10-14H,5-9H2,1-4H3. The van der Waals surface area contributed by atoms with Crippen molar-refractivity contribution in [3.05, 3.63) is 0 Å². The lowest BCUT2D eigenvalue weighted by molar-refractivity contribution is 0.139. The second-order valence-corrected chi connectivity index (χ2v) is 5.12. The molecule has 0 aromatic heterocycles. The molecule has 0 aliphatic heterocycles. The number of rotatable bonds is 4. The summed E-state index contributed by atoms with van der Waals surface area (Å²) in [6.45, 7) is 7.17. The van der Waals surface area contributed by atoms with Crippen LogP contribution in [-0.4, -0.2) is 13.1 Å². The first-order valence-corrected chi connectivity index (χ1v) is 6.38. The van der Waals surface area contributed by atoms with Crippen molar-refractivity contribution in [2.24, 2.45) is 17.8 Å². The van der Waals surface area contributed by atoms with Crippen LogP contribution in [0.15, 0.2) is 0 Å². The summed E-state index contributed by atoms with van der Waals surface area (Å²) in [4.78, 5) is 0. The molecule has 1 heteroatoms. The van der Waals surface area contributed by atoms with Crippen LogP contribution in [0.5, 0.6) is 0 Å². The predicted molar refractivity (Wildman–Crippen MR) is 63.4 cm³/mol. The van der Waals surface area contributed by atoms with Gasteiger partial charge in [-0.1, -0.05) is 40.0 Å². The number of nitrogens with one attached hydrogen (secondary N) is 1. The maximum atomic E-state index is 3.52. The van der Waals surface area contributed by atoms with Gasteiger partial charge in [0.25, 0.3) is 0 Å². The van der Waals surface area contributed by atoms with Crippen LogP contribution in [0, 0.1) is 17.8 Å². The Morgan fingerprint density at radius 2 is 2.00 bits per heavy atom. The van der Waals surface area contributed by atoms with E-state index in [-0.39, 0.29) is 0 Å². The van der Waals surface area contributed by atoms with Gasteiger partial charge < -0.3 is 5.32 Å². The van der Waals surface area contributed by atoms with E-state index in [9.17, 15) is 0 Å². The molecule has 1 aliphatic rings. The molecule has 0 saturated heterocycles. The van der Waals surface area contributed by atoms with E-state index in [4.69, 9.17) is 0 Å². The van der Waals surface area contributed by atoms with Gasteiger partial charge in [-0.05, 0) is 37.6 Å². The van der Waals surface area contributed by atoms with E-state index < -0.39 is 0 Å². The van der Waals surface area contributed by atoms with Gasteiger partial charge in [-0.2, -0.15) is 0 Å². The first-order valence-electron chi connectivity index (χ1n) is 6.38. The Morgan fingerprint density at radius 3 is 2.57 bits per heavy atom. The summed E-state index contributed by atoms with van der Waals surface area (Å²) in [5.74, 6) is 2.76. The predicted octanol–water partition coefficient (Wildman–Crippen LogP) is 3.45. The highest BCUT2D eigenvalue weighted by Gasteiger charge is 2.31. The van der Waals surface area contributed by atoms with E-state index in [0.29, 0.717) is 0 Å². The van der Waals surface area contributed by atoms with Gasteiger partial charge in [-0.15, -0.1) is 0 Å². The molecule has 0 aromatic carbocycles. The molecule has 4 atom stereocenters. The normalized spacial score (nSPS) is 35.6. The molecule has 1 nitrogen and oxygen atoms in total. The molecule has 1 saturated carbocycles. The van der Waals surface area contributed by atoms with Gasteiger partial charge in [0.05, 0.1) is 0 Å². The zero-order chi connectivity index (χ0) is 10.6. The van der Waals surface area contributed by atoms with E-state index in [1.54, 1.807) is 0 Å². The topological polar surface area (TPSA) is 12.0 Å². The van der Waals surface area contributed by atoms with Crippen LogP contribution in [0.1, 0.15) is 52.9 Å². The van der Waals surface area contributed by atoms with Gasteiger partial charge in [0, 0.05) is 6.04 Å². The highest BCUT2D eigenvalue weighted by Crippen LogP contribution is 2.37. The van der Waals surface area contributed by atoms with Gasteiger partial charge in [-0.3, -0.25) is 0 Å². The number of hydrogen-bond donors (Lipinski definition) is 1. The maximum Gasteiger partial charge on any atom is 0.00948 e. The zero-order valence-corrected chi connectivity index (χ0v) is 10.3. The Balaban J connectivity index is 2.54. The smallest absolute Gasteiger partial charge is 0.00948 e. The summed E-state index contributed by atoms with van der Waals surface area (Å²) in [7, 11) is 2.13. The summed E-state index contributed by atoms with van der Waals surface area (Å²) in [5.41, 5.74) is 0. The molecule has 14 heavy (non-hydrogen) atoms. The highest BCUT2D eigenvalue weighted by molar-refractivity contribution is 4.85. The monoisotopic (exact) mass is 197 g/mol. The van der Waals surface area contributed by atoms with Gasteiger partial charge in [0.1, 0.15) is 0 Å². The van der Waals surface area contributed by atoms with E-state index >= 15 is 0 Å². The molecule has 1 rings (SSSR count). The lowest BCUT2D eigenvalue weighted by Crippen LogP contribution is -2.40. The molecule has 1 fully saturated rings. The molecular formula is C13H27N. The fourth-order valence-electron chi connectivity index (χ4n) is 3.07. The molecule has 0 bridgehead atoms. The minimum atomic E-state index is 0.762. The third-order valence-electron chi connectivity index (χ3n) is 4.26. The Labute approximate surface area is 89.7 Å². The Kier molecular flexibility index (Phi) is 4.94. The third-order valence-corrected chi connectivity index (χ3v) is 4.26. The summed E-state index contributed by atoms with van der Waals surface area (Å²) in [6, 6.07) is 0.762. The minimum Gasteiger partial charge on any atom is -0.317 e. The second kappa shape index (κ2) is 5.75.